The molecule has 4 aromatic heterocycles. The molecule has 5 heteroatoms. The molecule has 5 nitrogen and oxygen atoms in total. The Balaban J connectivity index is 0.000000145. The fourth-order valence-electron chi connectivity index (χ4n) is 5.48. The molecule has 8 rings (SSSR count). The van der Waals surface area contributed by atoms with Gasteiger partial charge in [-0.1, -0.05) is 115 Å². The maximum Gasteiger partial charge on any atom is 0.0705 e. The van der Waals surface area contributed by atoms with Gasteiger partial charge in [-0.15, -0.1) is 0 Å². The highest BCUT2D eigenvalue weighted by Gasteiger charge is 2.05. The summed E-state index contributed by atoms with van der Waals surface area (Å²) in [5, 5.41) is 0. The number of rotatable bonds is 6. The number of anilines is 1. The van der Waals surface area contributed by atoms with E-state index in [2.05, 4.69) is 81.7 Å². The minimum atomic E-state index is 0.767. The van der Waals surface area contributed by atoms with Gasteiger partial charge in [0.2, 0.25) is 0 Å². The van der Waals surface area contributed by atoms with Crippen LogP contribution in [0, 0.1) is 6.92 Å². The summed E-state index contributed by atoms with van der Waals surface area (Å²) >= 11 is 0. The van der Waals surface area contributed by atoms with Crippen molar-refractivity contribution >= 4 is 5.69 Å². The van der Waals surface area contributed by atoms with Crippen molar-refractivity contribution in [2.45, 2.75) is 13.3 Å². The van der Waals surface area contributed by atoms with Crippen molar-refractivity contribution in [2.75, 3.05) is 5.73 Å². The van der Waals surface area contributed by atoms with Crippen LogP contribution in [0.3, 0.4) is 0 Å². The molecular weight excluding hydrogens is 623 g/mol. The topological polar surface area (TPSA) is 77.6 Å². The Morgan fingerprint density at radius 3 is 1.47 bits per heavy atom. The molecule has 0 saturated heterocycles. The average molecular weight is 662 g/mol. The van der Waals surface area contributed by atoms with Gasteiger partial charge < -0.3 is 5.73 Å². The number of pyridine rings is 4. The highest BCUT2D eigenvalue weighted by molar-refractivity contribution is 5.64. The van der Waals surface area contributed by atoms with Crippen LogP contribution in [-0.2, 0) is 6.42 Å². The minimum absolute atomic E-state index is 0.767. The van der Waals surface area contributed by atoms with E-state index in [1.165, 1.54) is 11.1 Å². The van der Waals surface area contributed by atoms with Crippen molar-refractivity contribution < 1.29 is 0 Å². The van der Waals surface area contributed by atoms with Gasteiger partial charge in [-0.25, -0.2) is 0 Å². The lowest BCUT2D eigenvalue weighted by Gasteiger charge is -2.07. The van der Waals surface area contributed by atoms with Crippen molar-refractivity contribution in [1.29, 1.82) is 0 Å². The summed E-state index contributed by atoms with van der Waals surface area (Å²) in [7, 11) is 0. The van der Waals surface area contributed by atoms with E-state index in [-0.39, 0.29) is 0 Å². The van der Waals surface area contributed by atoms with Gasteiger partial charge in [0.15, 0.2) is 0 Å². The van der Waals surface area contributed by atoms with Crippen LogP contribution in [0.2, 0.25) is 0 Å². The van der Waals surface area contributed by atoms with Crippen LogP contribution in [0.1, 0.15) is 17.0 Å². The molecule has 0 radical (unpaired) electrons. The molecule has 0 bridgehead atoms. The van der Waals surface area contributed by atoms with Crippen LogP contribution in [0.5, 0.6) is 0 Å². The molecule has 0 saturated carbocycles. The zero-order valence-electron chi connectivity index (χ0n) is 28.5. The van der Waals surface area contributed by atoms with Crippen LogP contribution in [0.25, 0.3) is 45.0 Å². The number of nitrogens with zero attached hydrogens (tertiary/aromatic N) is 4. The molecule has 0 unspecified atom stereocenters. The zero-order valence-corrected chi connectivity index (χ0v) is 28.5. The monoisotopic (exact) mass is 661 g/mol. The lowest BCUT2D eigenvalue weighted by molar-refractivity contribution is 1.08. The van der Waals surface area contributed by atoms with Crippen molar-refractivity contribution in [1.82, 2.24) is 19.9 Å². The van der Waals surface area contributed by atoms with Crippen LogP contribution in [0.4, 0.5) is 5.69 Å². The maximum absolute atomic E-state index is 5.67. The molecule has 0 aliphatic rings. The van der Waals surface area contributed by atoms with E-state index in [0.29, 0.717) is 0 Å². The van der Waals surface area contributed by atoms with Gasteiger partial charge in [0.05, 0.1) is 22.8 Å². The van der Waals surface area contributed by atoms with E-state index in [1.54, 1.807) is 6.20 Å². The first-order valence-electron chi connectivity index (χ1n) is 16.9. The standard InChI is InChI=1S/C23H18N2.C12H11N.C11H10N2/c1-2-9-19(10-3-1)23-14-7-12-21(25-23)17-18-8-6-11-20(16-18)22-13-4-5-15-24-22;1-10-6-5-9-12(13-10)11-7-3-2-4-8-11;12-10-5-3-4-9(8-10)11-6-1-2-7-13-11/h1-16H,17H2;2-9H,1H3;1-8H,12H2. The molecule has 4 heterocycles. The molecule has 2 N–H and O–H groups in total. The molecule has 8 aromatic rings. The van der Waals surface area contributed by atoms with Gasteiger partial charge in [0.25, 0.3) is 0 Å². The Morgan fingerprint density at radius 1 is 0.412 bits per heavy atom. The Hall–Kier alpha value is -6.72. The Morgan fingerprint density at radius 2 is 0.902 bits per heavy atom. The summed E-state index contributed by atoms with van der Waals surface area (Å²) in [6.07, 6.45) is 4.41. The largest absolute Gasteiger partial charge is 0.399 e. The lowest BCUT2D eigenvalue weighted by atomic mass is 10.0. The predicted molar refractivity (Wildman–Crippen MR) is 211 cm³/mol. The van der Waals surface area contributed by atoms with Crippen LogP contribution < -0.4 is 5.73 Å². The molecule has 0 amide bonds. The summed E-state index contributed by atoms with van der Waals surface area (Å²) in [6.45, 7) is 2.01. The third-order valence-electron chi connectivity index (χ3n) is 7.95. The Kier molecular flexibility index (Phi) is 11.8. The van der Waals surface area contributed by atoms with Crippen LogP contribution >= 0.6 is 0 Å². The summed E-state index contributed by atoms with van der Waals surface area (Å²) in [5.74, 6) is 0. The molecule has 4 aromatic carbocycles. The first-order chi connectivity index (χ1) is 25.1. The minimum Gasteiger partial charge on any atom is -0.399 e. The number of aryl methyl sites for hydroxylation is 1. The average Bonchev–Trinajstić information content (AvgIpc) is 3.20. The second-order valence-electron chi connectivity index (χ2n) is 11.8. The third kappa shape index (κ3) is 10.1. The van der Waals surface area contributed by atoms with E-state index in [1.807, 2.05) is 128 Å². The number of benzene rings is 4. The second kappa shape index (κ2) is 17.6. The number of nitrogen functional groups attached to an aromatic ring is 1. The highest BCUT2D eigenvalue weighted by Crippen LogP contribution is 2.22. The Bertz CT molecular complexity index is 2080. The van der Waals surface area contributed by atoms with Crippen molar-refractivity contribution in [3.8, 4) is 45.0 Å². The second-order valence-corrected chi connectivity index (χ2v) is 11.8. The molecule has 51 heavy (non-hydrogen) atoms. The first-order valence-corrected chi connectivity index (χ1v) is 16.9. The maximum atomic E-state index is 5.67. The first kappa shape index (κ1) is 34.2. The van der Waals surface area contributed by atoms with Gasteiger partial charge in [-0.3, -0.25) is 19.9 Å². The molecule has 0 atom stereocenters. The predicted octanol–water partition coefficient (Wildman–Crippen LogP) is 10.8. The zero-order chi connectivity index (χ0) is 35.1. The molecule has 248 valence electrons. The van der Waals surface area contributed by atoms with Gasteiger partial charge >= 0.3 is 0 Å². The van der Waals surface area contributed by atoms with E-state index < -0.39 is 0 Å². The smallest absolute Gasteiger partial charge is 0.0705 e. The van der Waals surface area contributed by atoms with Crippen molar-refractivity contribution in [3.63, 3.8) is 0 Å². The molecular formula is C46H39N5. The summed E-state index contributed by atoms with van der Waals surface area (Å²) < 4.78 is 0. The van der Waals surface area contributed by atoms with E-state index in [9.17, 15) is 0 Å². The van der Waals surface area contributed by atoms with Crippen molar-refractivity contribution in [3.05, 3.63) is 211 Å². The SMILES string of the molecule is Cc1cccc(-c2ccccc2)n1.Nc1cccc(-c2ccccn2)c1.c1ccc(-c2cccc(Cc3cccc(-c4ccccn4)c3)n2)cc1. The van der Waals surface area contributed by atoms with E-state index >= 15 is 0 Å². The molecule has 0 aliphatic heterocycles. The van der Waals surface area contributed by atoms with Crippen LogP contribution in [-0.4, -0.2) is 19.9 Å². The number of nitrogens with two attached hydrogens (primary N) is 1. The number of hydrogen-bond acceptors (Lipinski definition) is 5. The van der Waals surface area contributed by atoms with Gasteiger partial charge in [-0.05, 0) is 79.2 Å². The molecule has 0 fully saturated rings. The fraction of sp³-hybridized carbons (Fsp3) is 0.0435. The summed E-state index contributed by atoms with van der Waals surface area (Å²) in [6, 6.07) is 60.8. The quantitative estimate of drug-likeness (QED) is 0.179. The number of hydrogen-bond donors (Lipinski definition) is 1. The van der Waals surface area contributed by atoms with Gasteiger partial charge in [0.1, 0.15) is 0 Å². The summed E-state index contributed by atoms with van der Waals surface area (Å²) in [4.78, 5) is 17.9. The molecule has 0 spiro atoms. The van der Waals surface area contributed by atoms with E-state index in [4.69, 9.17) is 10.7 Å². The van der Waals surface area contributed by atoms with Gasteiger partial charge in [0, 0.05) is 58.1 Å². The third-order valence-corrected chi connectivity index (χ3v) is 7.95. The van der Waals surface area contributed by atoms with Crippen LogP contribution in [0.15, 0.2) is 194 Å². The lowest BCUT2D eigenvalue weighted by Crippen LogP contribution is -1.94. The Labute approximate surface area is 300 Å². The molecule has 0 aliphatic carbocycles. The fourth-order valence-corrected chi connectivity index (χ4v) is 5.48. The van der Waals surface area contributed by atoms with Gasteiger partial charge in [-0.2, -0.15) is 0 Å². The number of aromatic nitrogens is 4. The van der Waals surface area contributed by atoms with E-state index in [0.717, 1.165) is 63.0 Å². The normalized spacial score (nSPS) is 10.2. The van der Waals surface area contributed by atoms with Crippen molar-refractivity contribution in [2.24, 2.45) is 0 Å². The highest BCUT2D eigenvalue weighted by atomic mass is 14.7. The summed E-state index contributed by atoms with van der Waals surface area (Å²) in [5.41, 5.74) is 18.3.